The lowest BCUT2D eigenvalue weighted by atomic mass is 9.79. The van der Waals surface area contributed by atoms with Crippen molar-refractivity contribution >= 4 is 30.4 Å². The average molecular weight is 459 g/mol. The van der Waals surface area contributed by atoms with E-state index < -0.39 is 23.6 Å². The van der Waals surface area contributed by atoms with E-state index in [1.54, 1.807) is 36.4 Å². The standard InChI is InChI=1S/C23H26N2O6S/c1-23(2,10-11-30-20(27)14-32)21(16-6-9-19(29-3)18(26)12-16)31-22(28)25-17-7-4-15(13-24)5-8-17/h4-9,12,21,26,32H,10-11,14H2,1-3H3,(H,25,28)/t21-/m1/s1. The minimum absolute atomic E-state index is 0.0281. The summed E-state index contributed by atoms with van der Waals surface area (Å²) in [4.78, 5) is 24.1. The number of anilines is 1. The normalized spacial score (nSPS) is 11.7. The van der Waals surface area contributed by atoms with Crippen molar-refractivity contribution in [3.05, 3.63) is 53.6 Å². The Kier molecular flexibility index (Phi) is 8.79. The lowest BCUT2D eigenvalue weighted by Crippen LogP contribution is -2.30. The molecule has 8 nitrogen and oxygen atoms in total. The molecule has 0 saturated carbocycles. The molecule has 0 fully saturated rings. The molecule has 1 amide bonds. The van der Waals surface area contributed by atoms with Crippen LogP contribution in [0.4, 0.5) is 10.5 Å². The van der Waals surface area contributed by atoms with E-state index in [4.69, 9.17) is 19.5 Å². The van der Waals surface area contributed by atoms with Gasteiger partial charge in [-0.1, -0.05) is 19.9 Å². The lowest BCUT2D eigenvalue weighted by molar-refractivity contribution is -0.141. The average Bonchev–Trinajstić information content (AvgIpc) is 2.77. The molecule has 2 N–H and O–H groups in total. The van der Waals surface area contributed by atoms with Gasteiger partial charge in [0.25, 0.3) is 0 Å². The van der Waals surface area contributed by atoms with Gasteiger partial charge in [0.1, 0.15) is 6.10 Å². The van der Waals surface area contributed by atoms with Crippen molar-refractivity contribution in [3.63, 3.8) is 0 Å². The molecule has 9 heteroatoms. The number of hydrogen-bond donors (Lipinski definition) is 3. The third-order valence-electron chi connectivity index (χ3n) is 4.84. The fourth-order valence-electron chi connectivity index (χ4n) is 3.04. The van der Waals surface area contributed by atoms with Crippen LogP contribution in [0.1, 0.15) is 37.5 Å². The van der Waals surface area contributed by atoms with E-state index in [9.17, 15) is 14.7 Å². The predicted molar refractivity (Wildman–Crippen MR) is 122 cm³/mol. The van der Waals surface area contributed by atoms with Gasteiger partial charge in [0, 0.05) is 11.1 Å². The minimum atomic E-state index is -0.785. The maximum absolute atomic E-state index is 12.7. The number of carbonyl (C=O) groups excluding carboxylic acids is 2. The van der Waals surface area contributed by atoms with Gasteiger partial charge in [-0.25, -0.2) is 4.79 Å². The van der Waals surface area contributed by atoms with Crippen molar-refractivity contribution in [3.8, 4) is 17.6 Å². The molecule has 0 radical (unpaired) electrons. The van der Waals surface area contributed by atoms with Crippen LogP contribution in [-0.4, -0.2) is 36.6 Å². The summed E-state index contributed by atoms with van der Waals surface area (Å²) in [5.41, 5.74) is 0.807. The summed E-state index contributed by atoms with van der Waals surface area (Å²) < 4.78 is 16.0. The van der Waals surface area contributed by atoms with Crippen LogP contribution in [0.15, 0.2) is 42.5 Å². The number of phenolic OH excluding ortho intramolecular Hbond substituents is 1. The Morgan fingerprint density at radius 2 is 1.91 bits per heavy atom. The quantitative estimate of drug-likeness (QED) is 0.375. The molecular weight excluding hydrogens is 432 g/mol. The Labute approximate surface area is 192 Å². The number of thiol groups is 1. The number of benzene rings is 2. The lowest BCUT2D eigenvalue weighted by Gasteiger charge is -2.34. The molecule has 2 aromatic rings. The number of nitrogens with zero attached hydrogens (tertiary/aromatic N) is 1. The second-order valence-electron chi connectivity index (χ2n) is 7.65. The van der Waals surface area contributed by atoms with Crippen LogP contribution in [0.3, 0.4) is 0 Å². The third-order valence-corrected chi connectivity index (χ3v) is 5.10. The molecule has 0 heterocycles. The van der Waals surface area contributed by atoms with Crippen LogP contribution >= 0.6 is 12.6 Å². The van der Waals surface area contributed by atoms with E-state index in [1.807, 2.05) is 19.9 Å². The van der Waals surface area contributed by atoms with Crippen molar-refractivity contribution in [2.24, 2.45) is 5.41 Å². The molecule has 1 atom stereocenters. The fraction of sp³-hybridized carbons (Fsp3) is 0.348. The van der Waals surface area contributed by atoms with Crippen molar-refractivity contribution in [2.45, 2.75) is 26.4 Å². The first-order valence-corrected chi connectivity index (χ1v) is 10.4. The molecule has 0 bridgehead atoms. The van der Waals surface area contributed by atoms with Crippen LogP contribution in [-0.2, 0) is 14.3 Å². The summed E-state index contributed by atoms with van der Waals surface area (Å²) >= 11 is 3.88. The summed E-state index contributed by atoms with van der Waals surface area (Å²) in [5.74, 6) is -0.277. The van der Waals surface area contributed by atoms with Crippen LogP contribution < -0.4 is 10.1 Å². The first kappa shape index (κ1) is 24.9. The zero-order chi connectivity index (χ0) is 23.7. The van der Waals surface area contributed by atoms with E-state index in [1.165, 1.54) is 13.2 Å². The van der Waals surface area contributed by atoms with Crippen LogP contribution in [0.2, 0.25) is 0 Å². The number of carbonyl (C=O) groups is 2. The molecule has 0 aliphatic heterocycles. The van der Waals surface area contributed by atoms with Gasteiger partial charge < -0.3 is 19.3 Å². The molecule has 2 rings (SSSR count). The van der Waals surface area contributed by atoms with Gasteiger partial charge in [0.15, 0.2) is 11.5 Å². The minimum Gasteiger partial charge on any atom is -0.504 e. The van der Waals surface area contributed by atoms with Crippen molar-refractivity contribution in [1.82, 2.24) is 0 Å². The molecule has 0 saturated heterocycles. The number of phenols is 1. The van der Waals surface area contributed by atoms with Crippen LogP contribution in [0, 0.1) is 16.7 Å². The highest BCUT2D eigenvalue weighted by Crippen LogP contribution is 2.42. The summed E-state index contributed by atoms with van der Waals surface area (Å²) in [6.07, 6.45) is -1.11. The number of methoxy groups -OCH3 is 1. The number of amides is 1. The molecular formula is C23H26N2O6S. The molecule has 0 aliphatic carbocycles. The number of esters is 1. The van der Waals surface area contributed by atoms with Crippen molar-refractivity contribution in [2.75, 3.05) is 24.8 Å². The number of hydrogen-bond acceptors (Lipinski definition) is 8. The fourth-order valence-corrected chi connectivity index (χ4v) is 3.13. The molecule has 170 valence electrons. The van der Waals surface area contributed by atoms with Gasteiger partial charge in [0.05, 0.1) is 31.1 Å². The van der Waals surface area contributed by atoms with E-state index in [0.29, 0.717) is 23.2 Å². The summed E-state index contributed by atoms with van der Waals surface area (Å²) in [6.45, 7) is 3.84. The van der Waals surface area contributed by atoms with Gasteiger partial charge in [-0.3, -0.25) is 10.1 Å². The Balaban J connectivity index is 2.24. The second kappa shape index (κ2) is 11.3. The predicted octanol–water partition coefficient (Wildman–Crippen LogP) is 4.45. The molecule has 0 spiro atoms. The Bertz CT molecular complexity index is 985. The first-order chi connectivity index (χ1) is 15.2. The smallest absolute Gasteiger partial charge is 0.412 e. The number of aromatic hydroxyl groups is 1. The zero-order valence-corrected chi connectivity index (χ0v) is 19.0. The maximum atomic E-state index is 12.7. The first-order valence-electron chi connectivity index (χ1n) is 9.81. The molecule has 0 aliphatic rings. The number of rotatable bonds is 9. The maximum Gasteiger partial charge on any atom is 0.412 e. The Hall–Kier alpha value is -3.38. The van der Waals surface area contributed by atoms with E-state index in [0.717, 1.165) is 0 Å². The molecule has 0 aromatic heterocycles. The summed E-state index contributed by atoms with van der Waals surface area (Å²) in [6, 6.07) is 13.1. The topological polar surface area (TPSA) is 118 Å². The van der Waals surface area contributed by atoms with Crippen molar-refractivity contribution < 1.29 is 28.9 Å². The van der Waals surface area contributed by atoms with Crippen LogP contribution in [0.25, 0.3) is 0 Å². The van der Waals surface area contributed by atoms with Crippen LogP contribution in [0.5, 0.6) is 11.5 Å². The highest BCUT2D eigenvalue weighted by atomic mass is 32.1. The SMILES string of the molecule is COc1ccc([C@@H](OC(=O)Nc2ccc(C#N)cc2)C(C)(C)CCOC(=O)CS)cc1O. The molecule has 2 aromatic carbocycles. The van der Waals surface area contributed by atoms with E-state index in [-0.39, 0.29) is 23.9 Å². The number of nitrogens with one attached hydrogen (secondary N) is 1. The van der Waals surface area contributed by atoms with Gasteiger partial charge >= 0.3 is 12.1 Å². The highest BCUT2D eigenvalue weighted by molar-refractivity contribution is 7.81. The Morgan fingerprint density at radius 3 is 2.47 bits per heavy atom. The van der Waals surface area contributed by atoms with Gasteiger partial charge in [-0.05, 0) is 48.4 Å². The summed E-state index contributed by atoms with van der Waals surface area (Å²) in [5, 5.41) is 21.8. The van der Waals surface area contributed by atoms with Gasteiger partial charge in [-0.2, -0.15) is 17.9 Å². The highest BCUT2D eigenvalue weighted by Gasteiger charge is 2.35. The monoisotopic (exact) mass is 458 g/mol. The van der Waals surface area contributed by atoms with Crippen molar-refractivity contribution in [1.29, 1.82) is 5.26 Å². The Morgan fingerprint density at radius 1 is 1.22 bits per heavy atom. The van der Waals surface area contributed by atoms with Gasteiger partial charge in [0.2, 0.25) is 0 Å². The molecule has 32 heavy (non-hydrogen) atoms. The summed E-state index contributed by atoms with van der Waals surface area (Å²) in [7, 11) is 1.44. The second-order valence-corrected chi connectivity index (χ2v) is 7.96. The largest absolute Gasteiger partial charge is 0.504 e. The van der Waals surface area contributed by atoms with Gasteiger partial charge in [-0.15, -0.1) is 0 Å². The number of ether oxygens (including phenoxy) is 3. The molecule has 0 unspecified atom stereocenters. The number of nitriles is 1. The van der Waals surface area contributed by atoms with E-state index in [2.05, 4.69) is 17.9 Å². The zero-order valence-electron chi connectivity index (χ0n) is 18.1. The third kappa shape index (κ3) is 6.82. The van der Waals surface area contributed by atoms with E-state index >= 15 is 0 Å².